The SMILES string of the molecule is CC(C)C[C@H](NC(=O)[C@@H](Cc1c[nH]c2ccccc12)NC(=O)OC(C)(C)C)C(=O)N[C@H](CC(=O)O)NC(=O)CCc1ccccc1. The Morgan fingerprint density at radius 1 is 0.848 bits per heavy atom. The van der Waals surface area contributed by atoms with Gasteiger partial charge in [-0.2, -0.15) is 0 Å². The van der Waals surface area contributed by atoms with E-state index in [4.69, 9.17) is 4.74 Å². The molecule has 3 atom stereocenters. The van der Waals surface area contributed by atoms with Gasteiger partial charge in [0, 0.05) is 29.9 Å². The van der Waals surface area contributed by atoms with Crippen molar-refractivity contribution < 1.29 is 33.8 Å². The van der Waals surface area contributed by atoms with Crippen molar-refractivity contribution in [3.63, 3.8) is 0 Å². The van der Waals surface area contributed by atoms with Crippen LogP contribution in [0, 0.1) is 5.92 Å². The van der Waals surface area contributed by atoms with Crippen molar-refractivity contribution in [1.82, 2.24) is 26.3 Å². The lowest BCUT2D eigenvalue weighted by Gasteiger charge is -2.27. The summed E-state index contributed by atoms with van der Waals surface area (Å²) >= 11 is 0. The van der Waals surface area contributed by atoms with Crippen LogP contribution in [-0.4, -0.2) is 63.7 Å². The lowest BCUT2D eigenvalue weighted by atomic mass is 10.0. The molecule has 12 nitrogen and oxygen atoms in total. The number of nitrogens with one attached hydrogen (secondary N) is 5. The van der Waals surface area contributed by atoms with E-state index >= 15 is 0 Å². The molecule has 0 unspecified atom stereocenters. The van der Waals surface area contributed by atoms with Crippen molar-refractivity contribution in [3.05, 3.63) is 71.9 Å². The number of aryl methyl sites for hydroxylation is 1. The molecule has 12 heteroatoms. The number of hydrogen-bond donors (Lipinski definition) is 6. The van der Waals surface area contributed by atoms with E-state index < -0.39 is 60.1 Å². The lowest BCUT2D eigenvalue weighted by molar-refractivity contribution is -0.138. The molecule has 0 radical (unpaired) electrons. The van der Waals surface area contributed by atoms with E-state index in [0.717, 1.165) is 22.0 Å². The maximum atomic E-state index is 13.7. The highest BCUT2D eigenvalue weighted by atomic mass is 16.6. The number of carbonyl (C=O) groups is 5. The second kappa shape index (κ2) is 16.4. The van der Waals surface area contributed by atoms with Gasteiger partial charge in [0.15, 0.2) is 0 Å². The first-order valence-corrected chi connectivity index (χ1v) is 15.4. The van der Waals surface area contributed by atoms with Gasteiger partial charge in [0.1, 0.15) is 23.9 Å². The predicted molar refractivity (Wildman–Crippen MR) is 174 cm³/mol. The third-order valence-corrected chi connectivity index (χ3v) is 6.96. The first-order chi connectivity index (χ1) is 21.7. The Kier molecular flexibility index (Phi) is 12.7. The number of aromatic amines is 1. The Labute approximate surface area is 269 Å². The van der Waals surface area contributed by atoms with Crippen molar-refractivity contribution in [2.24, 2.45) is 5.92 Å². The smallest absolute Gasteiger partial charge is 0.408 e. The fraction of sp³-hybridized carbons (Fsp3) is 0.441. The molecule has 6 N–H and O–H groups in total. The highest BCUT2D eigenvalue weighted by Gasteiger charge is 2.31. The summed E-state index contributed by atoms with van der Waals surface area (Å²) in [4.78, 5) is 67.4. The quantitative estimate of drug-likeness (QED) is 0.138. The molecule has 0 aliphatic carbocycles. The number of aromatic nitrogens is 1. The third kappa shape index (κ3) is 11.9. The molecule has 0 spiro atoms. The van der Waals surface area contributed by atoms with E-state index in [0.29, 0.717) is 6.42 Å². The molecular weight excluding hydrogens is 590 g/mol. The standard InChI is InChI=1S/C34H45N5O7/c1-21(2)17-26(32(44)39-28(19-30(41)42)38-29(40)16-15-22-11-7-6-8-12-22)36-31(43)27(37-33(45)46-34(3,4)5)18-23-20-35-25-14-10-9-13-24(23)25/h6-14,20-21,26-28,35H,15-19H2,1-5H3,(H,36,43)(H,37,45)(H,38,40)(H,39,44)(H,41,42)/t26-,27+,28+/m0/s1. The van der Waals surface area contributed by atoms with E-state index in [1.54, 1.807) is 27.0 Å². The molecule has 248 valence electrons. The molecule has 0 saturated heterocycles. The predicted octanol–water partition coefficient (Wildman–Crippen LogP) is 3.80. The number of carboxylic acid groups (broad SMARTS) is 1. The number of para-hydroxylation sites is 1. The van der Waals surface area contributed by atoms with E-state index in [2.05, 4.69) is 26.3 Å². The molecule has 0 saturated carbocycles. The molecule has 3 aromatic rings. The molecular formula is C34H45N5O7. The Balaban J connectivity index is 1.76. The van der Waals surface area contributed by atoms with Crippen LogP contribution in [0.1, 0.15) is 65.0 Å². The van der Waals surface area contributed by atoms with Crippen LogP contribution in [0.3, 0.4) is 0 Å². The molecule has 1 aromatic heterocycles. The van der Waals surface area contributed by atoms with Crippen LogP contribution in [0.15, 0.2) is 60.8 Å². The summed E-state index contributed by atoms with van der Waals surface area (Å²) in [6.07, 6.45) is 0.0448. The number of carbonyl (C=O) groups excluding carboxylic acids is 4. The molecule has 0 bridgehead atoms. The third-order valence-electron chi connectivity index (χ3n) is 6.96. The molecule has 0 fully saturated rings. The molecule has 4 amide bonds. The van der Waals surface area contributed by atoms with E-state index in [-0.39, 0.29) is 25.2 Å². The van der Waals surface area contributed by atoms with Gasteiger partial charge in [-0.3, -0.25) is 19.2 Å². The Bertz CT molecular complexity index is 1500. The van der Waals surface area contributed by atoms with Crippen LogP contribution in [-0.2, 0) is 36.8 Å². The first-order valence-electron chi connectivity index (χ1n) is 15.4. The number of ether oxygens (including phenoxy) is 1. The van der Waals surface area contributed by atoms with Gasteiger partial charge in [-0.25, -0.2) is 4.79 Å². The van der Waals surface area contributed by atoms with Gasteiger partial charge in [-0.05, 0) is 56.7 Å². The number of amides is 4. The molecule has 1 heterocycles. The second-order valence-corrected chi connectivity index (χ2v) is 12.7. The Morgan fingerprint density at radius 2 is 1.50 bits per heavy atom. The number of fused-ring (bicyclic) bond motifs is 1. The molecule has 0 aliphatic heterocycles. The topological polar surface area (TPSA) is 179 Å². The summed E-state index contributed by atoms with van der Waals surface area (Å²) in [5, 5.41) is 20.9. The van der Waals surface area contributed by atoms with Crippen molar-refractivity contribution in [2.45, 2.75) is 90.6 Å². The number of benzene rings is 2. The minimum Gasteiger partial charge on any atom is -0.481 e. The zero-order valence-electron chi connectivity index (χ0n) is 27.0. The number of carboxylic acids is 1. The molecule has 46 heavy (non-hydrogen) atoms. The van der Waals surface area contributed by atoms with E-state index in [1.807, 2.05) is 68.4 Å². The lowest BCUT2D eigenvalue weighted by Crippen LogP contribution is -2.58. The van der Waals surface area contributed by atoms with Gasteiger partial charge in [0.05, 0.1) is 6.42 Å². The van der Waals surface area contributed by atoms with Crippen LogP contribution < -0.4 is 21.3 Å². The van der Waals surface area contributed by atoms with Gasteiger partial charge in [0.25, 0.3) is 0 Å². The van der Waals surface area contributed by atoms with Crippen LogP contribution in [0.4, 0.5) is 4.79 Å². The number of alkyl carbamates (subject to hydrolysis) is 1. The molecule has 3 rings (SSSR count). The zero-order valence-corrected chi connectivity index (χ0v) is 27.0. The Morgan fingerprint density at radius 3 is 2.15 bits per heavy atom. The van der Waals surface area contributed by atoms with E-state index in [9.17, 15) is 29.1 Å². The first kappa shape index (κ1) is 35.6. The van der Waals surface area contributed by atoms with Gasteiger partial charge < -0.3 is 36.1 Å². The summed E-state index contributed by atoms with van der Waals surface area (Å²) < 4.78 is 5.40. The van der Waals surface area contributed by atoms with Crippen LogP contribution in [0.2, 0.25) is 0 Å². The van der Waals surface area contributed by atoms with Gasteiger partial charge >= 0.3 is 12.1 Å². The van der Waals surface area contributed by atoms with Gasteiger partial charge in [0.2, 0.25) is 17.7 Å². The number of aliphatic carboxylic acids is 1. The largest absolute Gasteiger partial charge is 0.481 e. The average Bonchev–Trinajstić information content (AvgIpc) is 3.37. The number of H-pyrrole nitrogens is 1. The monoisotopic (exact) mass is 635 g/mol. The average molecular weight is 636 g/mol. The summed E-state index contributed by atoms with van der Waals surface area (Å²) in [5.74, 6) is -2.99. The van der Waals surface area contributed by atoms with Gasteiger partial charge in [-0.1, -0.05) is 62.4 Å². The van der Waals surface area contributed by atoms with Crippen molar-refractivity contribution in [2.75, 3.05) is 0 Å². The van der Waals surface area contributed by atoms with Crippen LogP contribution in [0.5, 0.6) is 0 Å². The minimum atomic E-state index is -1.22. The highest BCUT2D eigenvalue weighted by Crippen LogP contribution is 2.20. The zero-order chi connectivity index (χ0) is 33.9. The van der Waals surface area contributed by atoms with Crippen LogP contribution >= 0.6 is 0 Å². The number of hydrogen-bond acceptors (Lipinski definition) is 6. The summed E-state index contributed by atoms with van der Waals surface area (Å²) in [6.45, 7) is 8.86. The van der Waals surface area contributed by atoms with Crippen molar-refractivity contribution in [3.8, 4) is 0 Å². The summed E-state index contributed by atoms with van der Waals surface area (Å²) in [5.41, 5.74) is 1.77. The Hall–Kier alpha value is -4.87. The maximum absolute atomic E-state index is 13.7. The molecule has 0 aliphatic rings. The fourth-order valence-corrected chi connectivity index (χ4v) is 4.91. The molecule has 2 aromatic carbocycles. The normalized spacial score (nSPS) is 13.3. The number of rotatable bonds is 15. The van der Waals surface area contributed by atoms with Gasteiger partial charge in [-0.15, -0.1) is 0 Å². The minimum absolute atomic E-state index is 0.0414. The highest BCUT2D eigenvalue weighted by molar-refractivity contribution is 5.93. The maximum Gasteiger partial charge on any atom is 0.408 e. The fourth-order valence-electron chi connectivity index (χ4n) is 4.91. The van der Waals surface area contributed by atoms with Crippen molar-refractivity contribution >= 4 is 40.7 Å². The van der Waals surface area contributed by atoms with Crippen LogP contribution in [0.25, 0.3) is 10.9 Å². The summed E-state index contributed by atoms with van der Waals surface area (Å²) in [7, 11) is 0. The second-order valence-electron chi connectivity index (χ2n) is 12.7. The summed E-state index contributed by atoms with van der Waals surface area (Å²) in [6, 6.07) is 14.7. The van der Waals surface area contributed by atoms with E-state index in [1.165, 1.54) is 0 Å². The van der Waals surface area contributed by atoms with Crippen molar-refractivity contribution in [1.29, 1.82) is 0 Å².